The predicted molar refractivity (Wildman–Crippen MR) is 98.1 cm³/mol. The molecule has 7 nitrogen and oxygen atoms in total. The standard InChI is InChI=1S/C19H20N4O3/c1-2-26-16-6-4-3-5-14(16)12-9-15-18(20-10-12)22-19(25)23(15)11-17(24)21-13-7-8-13/h3-6,9-10,13H,2,7-8,11H2,1H3,(H,21,24)(H,20,22,25). The lowest BCUT2D eigenvalue weighted by molar-refractivity contribution is -0.121. The van der Waals surface area contributed by atoms with Crippen molar-refractivity contribution in [3.8, 4) is 16.9 Å². The summed E-state index contributed by atoms with van der Waals surface area (Å²) in [6.07, 6.45) is 3.72. The maximum Gasteiger partial charge on any atom is 0.328 e. The first-order valence-corrected chi connectivity index (χ1v) is 8.76. The molecule has 2 heterocycles. The quantitative estimate of drug-likeness (QED) is 0.711. The van der Waals surface area contributed by atoms with Crippen molar-refractivity contribution in [2.75, 3.05) is 6.61 Å². The fraction of sp³-hybridized carbons (Fsp3) is 0.316. The molecule has 0 saturated heterocycles. The molecule has 1 fully saturated rings. The maximum absolute atomic E-state index is 12.3. The monoisotopic (exact) mass is 352 g/mol. The summed E-state index contributed by atoms with van der Waals surface area (Å²) in [4.78, 5) is 31.4. The normalized spacial score (nSPS) is 13.7. The van der Waals surface area contributed by atoms with Crippen molar-refractivity contribution in [1.29, 1.82) is 0 Å². The molecule has 0 spiro atoms. The summed E-state index contributed by atoms with van der Waals surface area (Å²) >= 11 is 0. The van der Waals surface area contributed by atoms with Crippen LogP contribution >= 0.6 is 0 Å². The zero-order valence-electron chi connectivity index (χ0n) is 14.5. The van der Waals surface area contributed by atoms with E-state index in [0.717, 1.165) is 29.7 Å². The molecular formula is C19H20N4O3. The Labute approximate surface area is 150 Å². The molecule has 1 aliphatic carbocycles. The lowest BCUT2D eigenvalue weighted by atomic mass is 10.1. The maximum atomic E-state index is 12.3. The summed E-state index contributed by atoms with van der Waals surface area (Å²) in [7, 11) is 0. The molecule has 0 unspecified atom stereocenters. The van der Waals surface area contributed by atoms with E-state index in [2.05, 4.69) is 15.3 Å². The third-order valence-electron chi connectivity index (χ3n) is 4.37. The Morgan fingerprint density at radius 3 is 2.96 bits per heavy atom. The summed E-state index contributed by atoms with van der Waals surface area (Å²) in [5.74, 6) is 0.600. The molecule has 1 aliphatic rings. The van der Waals surface area contributed by atoms with Crippen molar-refractivity contribution >= 4 is 17.1 Å². The molecule has 1 aromatic carbocycles. The number of para-hydroxylation sites is 1. The molecule has 2 N–H and O–H groups in total. The number of fused-ring (bicyclic) bond motifs is 1. The van der Waals surface area contributed by atoms with E-state index >= 15 is 0 Å². The Morgan fingerprint density at radius 1 is 1.38 bits per heavy atom. The number of rotatable bonds is 6. The number of hydrogen-bond donors (Lipinski definition) is 2. The number of carbonyl (C=O) groups excluding carboxylic acids is 1. The van der Waals surface area contributed by atoms with Crippen LogP contribution in [0.2, 0.25) is 0 Å². The first-order valence-electron chi connectivity index (χ1n) is 8.76. The minimum atomic E-state index is -0.339. The van der Waals surface area contributed by atoms with Gasteiger partial charge in [-0.2, -0.15) is 0 Å². The molecule has 0 aliphatic heterocycles. The van der Waals surface area contributed by atoms with Crippen LogP contribution in [-0.2, 0) is 11.3 Å². The number of pyridine rings is 1. The third-order valence-corrected chi connectivity index (χ3v) is 4.37. The number of ether oxygens (including phenoxy) is 1. The SMILES string of the molecule is CCOc1ccccc1-c1cnc2[nH]c(=O)n(CC(=O)NC3CC3)c2c1. The highest BCUT2D eigenvalue weighted by Crippen LogP contribution is 2.30. The van der Waals surface area contributed by atoms with Crippen LogP contribution < -0.4 is 15.7 Å². The van der Waals surface area contributed by atoms with Gasteiger partial charge in [-0.3, -0.25) is 14.3 Å². The fourth-order valence-corrected chi connectivity index (χ4v) is 2.97. The summed E-state index contributed by atoms with van der Waals surface area (Å²) in [6.45, 7) is 2.47. The largest absolute Gasteiger partial charge is 0.493 e. The van der Waals surface area contributed by atoms with Gasteiger partial charge in [-0.1, -0.05) is 18.2 Å². The van der Waals surface area contributed by atoms with Crippen LogP contribution in [0.3, 0.4) is 0 Å². The summed E-state index contributed by atoms with van der Waals surface area (Å²) < 4.78 is 7.11. The van der Waals surface area contributed by atoms with Gasteiger partial charge in [0.25, 0.3) is 0 Å². The van der Waals surface area contributed by atoms with Gasteiger partial charge in [-0.25, -0.2) is 9.78 Å². The number of nitrogens with one attached hydrogen (secondary N) is 2. The average molecular weight is 352 g/mol. The molecule has 26 heavy (non-hydrogen) atoms. The second kappa shape index (κ2) is 6.67. The second-order valence-electron chi connectivity index (χ2n) is 6.38. The van der Waals surface area contributed by atoms with Gasteiger partial charge in [0.1, 0.15) is 12.3 Å². The number of amides is 1. The van der Waals surface area contributed by atoms with Crippen LogP contribution in [0.4, 0.5) is 0 Å². The van der Waals surface area contributed by atoms with Crippen molar-refractivity contribution in [1.82, 2.24) is 19.9 Å². The highest BCUT2D eigenvalue weighted by Gasteiger charge is 2.24. The van der Waals surface area contributed by atoms with Gasteiger partial charge >= 0.3 is 5.69 Å². The molecule has 2 aromatic heterocycles. The number of imidazole rings is 1. The smallest absolute Gasteiger partial charge is 0.328 e. The van der Waals surface area contributed by atoms with Gasteiger partial charge in [0, 0.05) is 23.4 Å². The van der Waals surface area contributed by atoms with Gasteiger partial charge < -0.3 is 10.1 Å². The predicted octanol–water partition coefficient (Wildman–Crippen LogP) is 2.07. The summed E-state index contributed by atoms with van der Waals surface area (Å²) in [6, 6.07) is 9.81. The summed E-state index contributed by atoms with van der Waals surface area (Å²) in [5, 5.41) is 2.90. The number of carbonyl (C=O) groups is 1. The molecule has 1 amide bonds. The second-order valence-corrected chi connectivity index (χ2v) is 6.38. The van der Waals surface area contributed by atoms with E-state index in [-0.39, 0.29) is 24.2 Å². The van der Waals surface area contributed by atoms with E-state index in [1.807, 2.05) is 37.3 Å². The first-order chi connectivity index (χ1) is 12.7. The van der Waals surface area contributed by atoms with Crippen LogP contribution in [0, 0.1) is 0 Å². The highest BCUT2D eigenvalue weighted by atomic mass is 16.5. The number of benzene rings is 1. The number of hydrogen-bond acceptors (Lipinski definition) is 4. The molecule has 7 heteroatoms. The lowest BCUT2D eigenvalue weighted by Gasteiger charge is -2.10. The van der Waals surface area contributed by atoms with Crippen LogP contribution in [0.1, 0.15) is 19.8 Å². The molecule has 3 aromatic rings. The van der Waals surface area contributed by atoms with Gasteiger partial charge in [0.05, 0.1) is 12.1 Å². The van der Waals surface area contributed by atoms with Crippen molar-refractivity contribution in [3.63, 3.8) is 0 Å². The van der Waals surface area contributed by atoms with Crippen LogP contribution in [0.5, 0.6) is 5.75 Å². The highest BCUT2D eigenvalue weighted by molar-refractivity contribution is 5.83. The van der Waals surface area contributed by atoms with E-state index in [9.17, 15) is 9.59 Å². The lowest BCUT2D eigenvalue weighted by Crippen LogP contribution is -2.32. The van der Waals surface area contributed by atoms with Crippen LogP contribution in [0.25, 0.3) is 22.3 Å². The molecule has 0 bridgehead atoms. The fourth-order valence-electron chi connectivity index (χ4n) is 2.97. The number of aromatic amines is 1. The van der Waals surface area contributed by atoms with E-state index in [4.69, 9.17) is 4.74 Å². The third kappa shape index (κ3) is 3.20. The van der Waals surface area contributed by atoms with Gasteiger partial charge in [-0.15, -0.1) is 0 Å². The molecule has 0 radical (unpaired) electrons. The number of aromatic nitrogens is 3. The first kappa shape index (κ1) is 16.4. The Bertz CT molecular complexity index is 1020. The van der Waals surface area contributed by atoms with Crippen LogP contribution in [0.15, 0.2) is 41.3 Å². The van der Waals surface area contributed by atoms with Crippen molar-refractivity contribution < 1.29 is 9.53 Å². The molecular weight excluding hydrogens is 332 g/mol. The van der Waals surface area contributed by atoms with E-state index in [1.54, 1.807) is 6.20 Å². The van der Waals surface area contributed by atoms with Gasteiger partial charge in [0.2, 0.25) is 5.91 Å². The summed E-state index contributed by atoms with van der Waals surface area (Å²) in [5.41, 5.74) is 2.45. The average Bonchev–Trinajstić information content (AvgIpc) is 3.39. The Balaban J connectivity index is 1.73. The minimum Gasteiger partial charge on any atom is -0.493 e. The molecule has 134 valence electrons. The van der Waals surface area contributed by atoms with E-state index in [0.29, 0.717) is 17.8 Å². The van der Waals surface area contributed by atoms with Gasteiger partial charge in [0.15, 0.2) is 5.65 Å². The van der Waals surface area contributed by atoms with Crippen molar-refractivity contribution in [2.45, 2.75) is 32.4 Å². The van der Waals surface area contributed by atoms with Crippen LogP contribution in [-0.4, -0.2) is 33.1 Å². The zero-order valence-corrected chi connectivity index (χ0v) is 14.5. The Morgan fingerprint density at radius 2 is 2.19 bits per heavy atom. The Hall–Kier alpha value is -3.09. The number of H-pyrrole nitrogens is 1. The zero-order chi connectivity index (χ0) is 18.1. The topological polar surface area (TPSA) is 89.0 Å². The number of nitrogens with zero attached hydrogens (tertiary/aromatic N) is 2. The molecule has 1 saturated carbocycles. The Kier molecular flexibility index (Phi) is 4.20. The van der Waals surface area contributed by atoms with E-state index < -0.39 is 0 Å². The van der Waals surface area contributed by atoms with Crippen molar-refractivity contribution in [2.24, 2.45) is 0 Å². The molecule has 4 rings (SSSR count). The van der Waals surface area contributed by atoms with Gasteiger partial charge in [-0.05, 0) is 31.9 Å². The molecule has 0 atom stereocenters. The van der Waals surface area contributed by atoms with E-state index in [1.165, 1.54) is 4.57 Å². The minimum absolute atomic E-state index is 0.0203. The van der Waals surface area contributed by atoms with Crippen molar-refractivity contribution in [3.05, 3.63) is 47.0 Å².